The predicted octanol–water partition coefficient (Wildman–Crippen LogP) is 4.70. The third-order valence-electron chi connectivity index (χ3n) is 5.08. The monoisotopic (exact) mass is 573 g/mol. The van der Waals surface area contributed by atoms with Gasteiger partial charge >= 0.3 is 5.97 Å². The summed E-state index contributed by atoms with van der Waals surface area (Å²) >= 11 is 11.7. The van der Waals surface area contributed by atoms with Gasteiger partial charge in [0.1, 0.15) is 12.7 Å². The Morgan fingerprint density at radius 2 is 1.33 bits per heavy atom. The SMILES string of the molecule is O=C(/C=C\n1cnc(-c2cccc(Cl)c2)n1)N1CC(F)(F)C1.O=C(O)/C=C\n1cnc(-c2cccc(Cl)c2)n1. The molecule has 0 aliphatic carbocycles. The second-order valence-corrected chi connectivity index (χ2v) is 9.01. The third-order valence-corrected chi connectivity index (χ3v) is 5.55. The Kier molecular flexibility index (Phi) is 8.47. The molecule has 1 fully saturated rings. The van der Waals surface area contributed by atoms with Crippen molar-refractivity contribution in [2.24, 2.45) is 0 Å². The molecule has 1 saturated heterocycles. The van der Waals surface area contributed by atoms with Crippen LogP contribution in [0.3, 0.4) is 0 Å². The van der Waals surface area contributed by atoms with Crippen LogP contribution in [0.4, 0.5) is 8.78 Å². The van der Waals surface area contributed by atoms with Gasteiger partial charge in [-0.2, -0.15) is 0 Å². The van der Waals surface area contributed by atoms with E-state index in [0.29, 0.717) is 21.7 Å². The van der Waals surface area contributed by atoms with Crippen molar-refractivity contribution in [3.63, 3.8) is 0 Å². The molecule has 1 aliphatic rings. The van der Waals surface area contributed by atoms with Gasteiger partial charge in [-0.1, -0.05) is 47.5 Å². The molecule has 0 spiro atoms. The molecule has 2 aromatic carbocycles. The molecule has 1 aliphatic heterocycles. The second-order valence-electron chi connectivity index (χ2n) is 8.14. The van der Waals surface area contributed by atoms with Crippen LogP contribution < -0.4 is 0 Å². The number of alkyl halides is 2. The number of aromatic nitrogens is 6. The van der Waals surface area contributed by atoms with Gasteiger partial charge in [-0.05, 0) is 24.3 Å². The van der Waals surface area contributed by atoms with Crippen molar-refractivity contribution >= 4 is 47.5 Å². The van der Waals surface area contributed by atoms with Gasteiger partial charge in [-0.3, -0.25) is 4.79 Å². The zero-order chi connectivity index (χ0) is 28.0. The molecule has 200 valence electrons. The molecular formula is C25H19Cl2F2N7O3. The van der Waals surface area contributed by atoms with E-state index in [4.69, 9.17) is 28.3 Å². The fraction of sp³-hybridized carbons (Fsp3) is 0.120. The topological polar surface area (TPSA) is 119 Å². The molecule has 5 rings (SSSR count). The Morgan fingerprint density at radius 1 is 0.846 bits per heavy atom. The summed E-state index contributed by atoms with van der Waals surface area (Å²) in [6.45, 7) is -1.08. The number of nitrogens with zero attached hydrogens (tertiary/aromatic N) is 7. The van der Waals surface area contributed by atoms with Gasteiger partial charge < -0.3 is 10.0 Å². The summed E-state index contributed by atoms with van der Waals surface area (Å²) in [6, 6.07) is 14.2. The van der Waals surface area contributed by atoms with Crippen LogP contribution in [-0.2, 0) is 9.59 Å². The number of amides is 1. The minimum absolute atomic E-state index is 0.454. The number of carbonyl (C=O) groups excluding carboxylic acids is 1. The van der Waals surface area contributed by atoms with E-state index in [1.165, 1.54) is 40.5 Å². The van der Waals surface area contributed by atoms with E-state index in [2.05, 4.69) is 20.2 Å². The summed E-state index contributed by atoms with van der Waals surface area (Å²) in [7, 11) is 0. The molecule has 0 bridgehead atoms. The Morgan fingerprint density at radius 3 is 1.77 bits per heavy atom. The highest BCUT2D eigenvalue weighted by Crippen LogP contribution is 2.26. The third kappa shape index (κ3) is 7.79. The van der Waals surface area contributed by atoms with E-state index in [-0.39, 0.29) is 0 Å². The molecule has 0 saturated carbocycles. The molecule has 0 radical (unpaired) electrons. The predicted molar refractivity (Wildman–Crippen MR) is 141 cm³/mol. The number of carboxylic acid groups (broad SMARTS) is 1. The summed E-state index contributed by atoms with van der Waals surface area (Å²) in [5, 5.41) is 17.9. The number of hydrogen-bond donors (Lipinski definition) is 1. The van der Waals surface area contributed by atoms with Gasteiger partial charge in [0.15, 0.2) is 11.6 Å². The van der Waals surface area contributed by atoms with Crippen molar-refractivity contribution < 1.29 is 23.5 Å². The van der Waals surface area contributed by atoms with Crippen LogP contribution in [0, 0.1) is 0 Å². The molecule has 4 aromatic rings. The normalized spacial score (nSPS) is 14.2. The maximum atomic E-state index is 12.7. The summed E-state index contributed by atoms with van der Waals surface area (Å²) in [5.41, 5.74) is 1.52. The van der Waals surface area contributed by atoms with Crippen LogP contribution in [0.5, 0.6) is 0 Å². The lowest BCUT2D eigenvalue weighted by Gasteiger charge is -2.37. The Bertz CT molecular complexity index is 1540. The molecule has 0 unspecified atom stereocenters. The summed E-state index contributed by atoms with van der Waals surface area (Å²) < 4.78 is 28.0. The van der Waals surface area contributed by atoms with Crippen LogP contribution in [0.1, 0.15) is 0 Å². The molecule has 14 heteroatoms. The number of halogens is 4. The number of hydrogen-bond acceptors (Lipinski definition) is 6. The Hall–Kier alpha value is -4.42. The van der Waals surface area contributed by atoms with E-state index in [1.807, 2.05) is 12.1 Å². The number of aliphatic carboxylic acids is 1. The van der Waals surface area contributed by atoms with Gasteiger partial charge in [0.05, 0.1) is 13.1 Å². The van der Waals surface area contributed by atoms with Crippen molar-refractivity contribution in [3.05, 3.63) is 83.4 Å². The highest BCUT2D eigenvalue weighted by molar-refractivity contribution is 6.31. The zero-order valence-corrected chi connectivity index (χ0v) is 21.4. The van der Waals surface area contributed by atoms with Crippen molar-refractivity contribution in [1.29, 1.82) is 0 Å². The molecule has 2 aromatic heterocycles. The largest absolute Gasteiger partial charge is 0.478 e. The molecule has 10 nitrogen and oxygen atoms in total. The minimum Gasteiger partial charge on any atom is -0.478 e. The van der Waals surface area contributed by atoms with Gasteiger partial charge in [0.25, 0.3) is 5.92 Å². The maximum absolute atomic E-state index is 12.7. The first-order chi connectivity index (χ1) is 18.6. The summed E-state index contributed by atoms with van der Waals surface area (Å²) in [6.07, 6.45) is 7.70. The van der Waals surface area contributed by atoms with E-state index >= 15 is 0 Å². The number of rotatable bonds is 6. The van der Waals surface area contributed by atoms with Crippen LogP contribution in [0.15, 0.2) is 73.3 Å². The maximum Gasteiger partial charge on any atom is 0.329 e. The molecule has 39 heavy (non-hydrogen) atoms. The fourth-order valence-corrected chi connectivity index (χ4v) is 3.65. The molecule has 1 amide bonds. The lowest BCUT2D eigenvalue weighted by atomic mass is 10.1. The molecule has 1 N–H and O–H groups in total. The van der Waals surface area contributed by atoms with Crippen molar-refractivity contribution in [3.8, 4) is 22.8 Å². The van der Waals surface area contributed by atoms with Gasteiger partial charge in [-0.15, -0.1) is 10.2 Å². The average molecular weight is 574 g/mol. The van der Waals surface area contributed by atoms with Gasteiger partial charge in [0, 0.05) is 45.7 Å². The zero-order valence-electron chi connectivity index (χ0n) is 19.9. The van der Waals surface area contributed by atoms with E-state index in [1.54, 1.807) is 36.4 Å². The van der Waals surface area contributed by atoms with Crippen molar-refractivity contribution in [2.45, 2.75) is 5.92 Å². The van der Waals surface area contributed by atoms with Crippen molar-refractivity contribution in [1.82, 2.24) is 34.4 Å². The quantitative estimate of drug-likeness (QED) is 0.332. The highest BCUT2D eigenvalue weighted by atomic mass is 35.5. The Balaban J connectivity index is 0.000000187. The number of likely N-dealkylation sites (tertiary alicyclic amines) is 1. The van der Waals surface area contributed by atoms with E-state index in [9.17, 15) is 18.4 Å². The minimum atomic E-state index is -2.77. The molecular weight excluding hydrogens is 555 g/mol. The van der Waals surface area contributed by atoms with Crippen LogP contribution in [0.25, 0.3) is 35.2 Å². The number of benzene rings is 2. The van der Waals surface area contributed by atoms with Gasteiger partial charge in [0.2, 0.25) is 5.91 Å². The van der Waals surface area contributed by atoms with Gasteiger partial charge in [-0.25, -0.2) is 32.9 Å². The fourth-order valence-electron chi connectivity index (χ4n) is 3.27. The average Bonchev–Trinajstić information content (AvgIpc) is 3.55. The van der Waals surface area contributed by atoms with Crippen LogP contribution in [0.2, 0.25) is 10.0 Å². The first-order valence-corrected chi connectivity index (χ1v) is 11.9. The number of carboxylic acids is 1. The lowest BCUT2D eigenvalue weighted by molar-refractivity contribution is -0.160. The highest BCUT2D eigenvalue weighted by Gasteiger charge is 2.45. The number of carbonyl (C=O) groups is 2. The second kappa shape index (κ2) is 12.0. The van der Waals surface area contributed by atoms with E-state index in [0.717, 1.165) is 22.1 Å². The Labute approximate surface area is 230 Å². The standard InChI is InChI=1S/C14H11ClF2N4O.C11H8ClN3O2/c15-11-3-1-2-10(6-11)13-18-9-21(19-13)5-4-12(22)20-7-14(16,17)8-20;12-9-3-1-2-8(6-9)11-13-7-15(14-11)5-4-10(16)17/h1-6,9H,7-8H2;1-7H,(H,16,17)/b2*5-4-. The molecule has 0 atom stereocenters. The van der Waals surface area contributed by atoms with E-state index < -0.39 is 30.9 Å². The summed E-state index contributed by atoms with van der Waals surface area (Å²) in [4.78, 5) is 31.2. The summed E-state index contributed by atoms with van der Waals surface area (Å²) in [5.74, 6) is -3.34. The van der Waals surface area contributed by atoms with Crippen LogP contribution in [-0.4, -0.2) is 70.4 Å². The van der Waals surface area contributed by atoms with Crippen molar-refractivity contribution in [2.75, 3.05) is 13.1 Å². The first-order valence-electron chi connectivity index (χ1n) is 11.2. The molecule has 3 heterocycles. The lowest BCUT2D eigenvalue weighted by Crippen LogP contribution is -2.58. The van der Waals surface area contributed by atoms with Crippen LogP contribution >= 0.6 is 23.2 Å². The smallest absolute Gasteiger partial charge is 0.329 e. The first kappa shape index (κ1) is 27.6.